The van der Waals surface area contributed by atoms with Gasteiger partial charge in [-0.2, -0.15) is 13.2 Å². The second kappa shape index (κ2) is 7.81. The molecule has 1 atom stereocenters. The SMILES string of the molecule is CCN1CCN(C(=O)[C@@H]2CCCN(c3nnc4ccc(C(F)(F)F)cn34)C2)CC1. The summed E-state index contributed by atoms with van der Waals surface area (Å²) in [4.78, 5) is 19.1. The molecule has 2 aliphatic rings. The number of rotatable bonds is 3. The summed E-state index contributed by atoms with van der Waals surface area (Å²) in [7, 11) is 0. The molecule has 0 spiro atoms. The molecule has 4 rings (SSSR count). The van der Waals surface area contributed by atoms with Gasteiger partial charge < -0.3 is 14.7 Å². The van der Waals surface area contributed by atoms with E-state index in [-0.39, 0.29) is 11.8 Å². The third-order valence-corrected chi connectivity index (χ3v) is 5.90. The summed E-state index contributed by atoms with van der Waals surface area (Å²) >= 11 is 0. The lowest BCUT2D eigenvalue weighted by Gasteiger charge is -2.38. The Kier molecular flexibility index (Phi) is 5.37. The Morgan fingerprint density at radius 1 is 1.14 bits per heavy atom. The van der Waals surface area contributed by atoms with Crippen molar-refractivity contribution >= 4 is 17.5 Å². The monoisotopic (exact) mass is 410 g/mol. The summed E-state index contributed by atoms with van der Waals surface area (Å²) in [5.74, 6) is 0.324. The number of nitrogens with zero attached hydrogens (tertiary/aromatic N) is 6. The van der Waals surface area contributed by atoms with E-state index in [1.807, 2.05) is 9.80 Å². The minimum Gasteiger partial charge on any atom is -0.340 e. The van der Waals surface area contributed by atoms with E-state index in [4.69, 9.17) is 0 Å². The number of alkyl halides is 3. The molecule has 4 heterocycles. The van der Waals surface area contributed by atoms with Gasteiger partial charge in [-0.25, -0.2) is 0 Å². The average Bonchev–Trinajstić information content (AvgIpc) is 3.16. The van der Waals surface area contributed by atoms with Gasteiger partial charge in [0.05, 0.1) is 11.5 Å². The Morgan fingerprint density at radius 3 is 2.59 bits per heavy atom. The average molecular weight is 410 g/mol. The van der Waals surface area contributed by atoms with Crippen molar-refractivity contribution < 1.29 is 18.0 Å². The highest BCUT2D eigenvalue weighted by Crippen LogP contribution is 2.31. The zero-order valence-electron chi connectivity index (χ0n) is 16.4. The summed E-state index contributed by atoms with van der Waals surface area (Å²) in [6.07, 6.45) is -1.83. The number of piperazine rings is 1. The number of hydrogen-bond acceptors (Lipinski definition) is 5. The third kappa shape index (κ3) is 4.03. The molecule has 0 aliphatic carbocycles. The Balaban J connectivity index is 1.50. The minimum atomic E-state index is -4.43. The fraction of sp³-hybridized carbons (Fsp3) is 0.632. The van der Waals surface area contributed by atoms with Crippen LogP contribution in [0.2, 0.25) is 0 Å². The molecule has 0 aromatic carbocycles. The zero-order valence-corrected chi connectivity index (χ0v) is 16.4. The Labute approximate surface area is 167 Å². The number of pyridine rings is 1. The largest absolute Gasteiger partial charge is 0.417 e. The van der Waals surface area contributed by atoms with E-state index in [0.29, 0.717) is 24.7 Å². The van der Waals surface area contributed by atoms with Crippen molar-refractivity contribution in [1.82, 2.24) is 24.4 Å². The molecule has 1 amide bonds. The third-order valence-electron chi connectivity index (χ3n) is 5.90. The van der Waals surface area contributed by atoms with Gasteiger partial charge in [0.1, 0.15) is 0 Å². The van der Waals surface area contributed by atoms with Gasteiger partial charge in [-0.15, -0.1) is 10.2 Å². The van der Waals surface area contributed by atoms with Crippen molar-refractivity contribution in [2.45, 2.75) is 25.9 Å². The highest BCUT2D eigenvalue weighted by Gasteiger charge is 2.34. The van der Waals surface area contributed by atoms with Crippen LogP contribution in [0.25, 0.3) is 5.65 Å². The molecule has 2 aromatic rings. The zero-order chi connectivity index (χ0) is 20.6. The van der Waals surface area contributed by atoms with Gasteiger partial charge in [0.15, 0.2) is 5.65 Å². The summed E-state index contributed by atoms with van der Waals surface area (Å²) in [6, 6.07) is 2.32. The molecular weight excluding hydrogens is 385 g/mol. The molecule has 0 unspecified atom stereocenters. The molecule has 0 saturated carbocycles. The van der Waals surface area contributed by atoms with Crippen LogP contribution in [-0.4, -0.2) is 76.1 Å². The van der Waals surface area contributed by atoms with Crippen molar-refractivity contribution in [2.75, 3.05) is 50.7 Å². The van der Waals surface area contributed by atoms with E-state index < -0.39 is 11.7 Å². The number of aromatic nitrogens is 3. The highest BCUT2D eigenvalue weighted by atomic mass is 19.4. The Hall–Kier alpha value is -2.36. The summed E-state index contributed by atoms with van der Waals surface area (Å²) in [6.45, 7) is 7.41. The number of likely N-dealkylation sites (N-methyl/N-ethyl adjacent to an activating group) is 1. The van der Waals surface area contributed by atoms with Crippen LogP contribution in [0.3, 0.4) is 0 Å². The number of fused-ring (bicyclic) bond motifs is 1. The number of carbonyl (C=O) groups excluding carboxylic acids is 1. The van der Waals surface area contributed by atoms with Crippen LogP contribution in [-0.2, 0) is 11.0 Å². The Bertz CT molecular complexity index is 874. The summed E-state index contributed by atoms with van der Waals surface area (Å²) in [5.41, 5.74) is -0.387. The van der Waals surface area contributed by atoms with Crippen molar-refractivity contribution in [3.63, 3.8) is 0 Å². The lowest BCUT2D eigenvalue weighted by molar-refractivity contribution is -0.138. The maximum absolute atomic E-state index is 13.1. The topological polar surface area (TPSA) is 57.0 Å². The van der Waals surface area contributed by atoms with Gasteiger partial charge in [-0.1, -0.05) is 6.92 Å². The van der Waals surface area contributed by atoms with Crippen LogP contribution >= 0.6 is 0 Å². The van der Waals surface area contributed by atoms with Crippen LogP contribution < -0.4 is 4.90 Å². The maximum atomic E-state index is 13.1. The van der Waals surface area contributed by atoms with E-state index >= 15 is 0 Å². The lowest BCUT2D eigenvalue weighted by Crippen LogP contribution is -2.52. The predicted octanol–water partition coefficient (Wildman–Crippen LogP) is 2.13. The van der Waals surface area contributed by atoms with Gasteiger partial charge in [0.2, 0.25) is 11.9 Å². The van der Waals surface area contributed by atoms with Crippen molar-refractivity contribution in [3.05, 3.63) is 23.9 Å². The molecule has 2 aromatic heterocycles. The fourth-order valence-corrected chi connectivity index (χ4v) is 4.17. The molecule has 2 fully saturated rings. The number of anilines is 1. The molecular formula is C19H25F3N6O. The first kappa shape index (κ1) is 19.9. The number of piperidine rings is 1. The quantitative estimate of drug-likeness (QED) is 0.776. The second-order valence-corrected chi connectivity index (χ2v) is 7.69. The first-order valence-electron chi connectivity index (χ1n) is 10.0. The normalized spacial score (nSPS) is 21.7. The molecule has 29 heavy (non-hydrogen) atoms. The van der Waals surface area contributed by atoms with Crippen LogP contribution in [0.1, 0.15) is 25.3 Å². The molecule has 0 radical (unpaired) electrons. The van der Waals surface area contributed by atoms with Crippen molar-refractivity contribution in [1.29, 1.82) is 0 Å². The van der Waals surface area contributed by atoms with E-state index in [9.17, 15) is 18.0 Å². The van der Waals surface area contributed by atoms with Crippen LogP contribution in [0.15, 0.2) is 18.3 Å². The number of amides is 1. The van der Waals surface area contributed by atoms with Gasteiger partial charge in [0, 0.05) is 45.5 Å². The molecule has 2 saturated heterocycles. The van der Waals surface area contributed by atoms with E-state index in [2.05, 4.69) is 22.0 Å². The number of hydrogen-bond donors (Lipinski definition) is 0. The van der Waals surface area contributed by atoms with Crippen LogP contribution in [0.5, 0.6) is 0 Å². The minimum absolute atomic E-state index is 0.134. The van der Waals surface area contributed by atoms with Crippen molar-refractivity contribution in [2.24, 2.45) is 5.92 Å². The van der Waals surface area contributed by atoms with Gasteiger partial charge in [-0.3, -0.25) is 9.20 Å². The highest BCUT2D eigenvalue weighted by molar-refractivity contribution is 5.80. The van der Waals surface area contributed by atoms with Crippen LogP contribution in [0, 0.1) is 5.92 Å². The van der Waals surface area contributed by atoms with Crippen LogP contribution in [0.4, 0.5) is 19.1 Å². The van der Waals surface area contributed by atoms with Gasteiger partial charge in [-0.05, 0) is 31.5 Å². The molecule has 158 valence electrons. The lowest BCUT2D eigenvalue weighted by atomic mass is 9.96. The van der Waals surface area contributed by atoms with E-state index in [1.165, 1.54) is 10.5 Å². The summed E-state index contributed by atoms with van der Waals surface area (Å²) < 4.78 is 40.7. The van der Waals surface area contributed by atoms with Gasteiger partial charge >= 0.3 is 6.18 Å². The van der Waals surface area contributed by atoms with Gasteiger partial charge in [0.25, 0.3) is 0 Å². The number of carbonyl (C=O) groups is 1. The Morgan fingerprint density at radius 2 is 1.90 bits per heavy atom. The first-order valence-corrected chi connectivity index (χ1v) is 10.0. The molecule has 0 bridgehead atoms. The van der Waals surface area contributed by atoms with Crippen molar-refractivity contribution in [3.8, 4) is 0 Å². The molecule has 2 aliphatic heterocycles. The first-order chi connectivity index (χ1) is 13.9. The number of halogens is 3. The summed E-state index contributed by atoms with van der Waals surface area (Å²) in [5, 5.41) is 8.11. The fourth-order valence-electron chi connectivity index (χ4n) is 4.17. The molecule has 7 nitrogen and oxygen atoms in total. The van der Waals surface area contributed by atoms with E-state index in [0.717, 1.165) is 57.8 Å². The maximum Gasteiger partial charge on any atom is 0.417 e. The smallest absolute Gasteiger partial charge is 0.340 e. The molecule has 0 N–H and O–H groups in total. The second-order valence-electron chi connectivity index (χ2n) is 7.69. The standard InChI is InChI=1S/C19H25F3N6O/c1-2-25-8-10-26(11-9-25)17(29)14-4-3-7-27(12-14)18-24-23-16-6-5-15(13-28(16)18)19(20,21)22/h5-6,13-14H,2-4,7-12H2,1H3/t14-/m1/s1. The van der Waals surface area contributed by atoms with E-state index in [1.54, 1.807) is 0 Å². The predicted molar refractivity (Wildman–Crippen MR) is 102 cm³/mol. The molecule has 10 heteroatoms.